The molecule has 0 fully saturated rings. The maximum Gasteiger partial charge on any atom is 0.0342 e. The molecule has 0 amide bonds. The molecule has 0 aliphatic rings. The van der Waals surface area contributed by atoms with Crippen LogP contribution in [0.5, 0.6) is 0 Å². The highest BCUT2D eigenvalue weighted by Gasteiger charge is 2.07. The number of anilines is 1. The third kappa shape index (κ3) is 7.25. The lowest BCUT2D eigenvalue weighted by atomic mass is 10.0. The van der Waals surface area contributed by atoms with Crippen molar-refractivity contribution in [2.24, 2.45) is 0 Å². The van der Waals surface area contributed by atoms with Crippen LogP contribution in [0.4, 0.5) is 5.69 Å². The van der Waals surface area contributed by atoms with Crippen LogP contribution >= 0.6 is 0 Å². The van der Waals surface area contributed by atoms with Crippen LogP contribution in [0.25, 0.3) is 0 Å². The van der Waals surface area contributed by atoms with Gasteiger partial charge in [-0.05, 0) is 31.9 Å². The van der Waals surface area contributed by atoms with Crippen molar-refractivity contribution in [3.63, 3.8) is 0 Å². The van der Waals surface area contributed by atoms with Gasteiger partial charge >= 0.3 is 0 Å². The average Bonchev–Trinajstić information content (AvgIpc) is 2.41. The van der Waals surface area contributed by atoms with Crippen LogP contribution in [-0.4, -0.2) is 6.04 Å². The Bertz CT molecular complexity index is 305. The van der Waals surface area contributed by atoms with E-state index in [1.165, 1.54) is 62.6 Å². The quantitative estimate of drug-likeness (QED) is 0.514. The monoisotopic (exact) mass is 261 g/mol. The fourth-order valence-corrected chi connectivity index (χ4v) is 2.46. The van der Waals surface area contributed by atoms with E-state index in [2.05, 4.69) is 50.4 Å². The Kier molecular flexibility index (Phi) is 8.36. The van der Waals surface area contributed by atoms with E-state index in [1.807, 2.05) is 0 Å². The Balaban J connectivity index is 2.44. The number of nitrogens with one attached hydrogen (secondary N) is 1. The Hall–Kier alpha value is -0.980. The molecule has 0 saturated carbocycles. The van der Waals surface area contributed by atoms with Crippen molar-refractivity contribution >= 4 is 5.69 Å². The topological polar surface area (TPSA) is 12.0 Å². The number of rotatable bonds is 10. The number of hydrogen-bond acceptors (Lipinski definition) is 1. The SMILES string of the molecule is CCCCCC(CCCCC)Nc1ccc(C)cc1. The minimum atomic E-state index is 0.654. The Morgan fingerprint density at radius 3 is 1.84 bits per heavy atom. The van der Waals surface area contributed by atoms with Gasteiger partial charge in [-0.1, -0.05) is 70.1 Å². The van der Waals surface area contributed by atoms with Gasteiger partial charge in [0.2, 0.25) is 0 Å². The van der Waals surface area contributed by atoms with Gasteiger partial charge in [0.1, 0.15) is 0 Å². The standard InChI is InChI=1S/C18H31N/c1-4-6-8-10-17(11-9-7-5-2)19-18-14-12-16(3)13-15-18/h12-15,17,19H,4-11H2,1-3H3. The molecule has 1 heteroatoms. The summed E-state index contributed by atoms with van der Waals surface area (Å²) in [6.45, 7) is 6.70. The first kappa shape index (κ1) is 16.1. The Morgan fingerprint density at radius 1 is 0.842 bits per heavy atom. The van der Waals surface area contributed by atoms with Crippen molar-refractivity contribution < 1.29 is 0 Å². The van der Waals surface area contributed by atoms with Gasteiger partial charge in [-0.15, -0.1) is 0 Å². The van der Waals surface area contributed by atoms with Gasteiger partial charge in [0.25, 0.3) is 0 Å². The summed E-state index contributed by atoms with van der Waals surface area (Å²) in [5, 5.41) is 3.72. The van der Waals surface area contributed by atoms with Gasteiger partial charge in [0.05, 0.1) is 0 Å². The second-order valence-corrected chi connectivity index (χ2v) is 5.70. The zero-order valence-corrected chi connectivity index (χ0v) is 13.0. The molecule has 0 saturated heterocycles. The van der Waals surface area contributed by atoms with Crippen molar-refractivity contribution in [1.82, 2.24) is 0 Å². The summed E-state index contributed by atoms with van der Waals surface area (Å²) in [7, 11) is 0. The molecular formula is C18H31N. The van der Waals surface area contributed by atoms with Crippen molar-refractivity contribution in [3.8, 4) is 0 Å². The maximum atomic E-state index is 3.72. The molecule has 0 aliphatic heterocycles. The molecule has 0 atom stereocenters. The molecule has 1 aromatic carbocycles. The van der Waals surface area contributed by atoms with Crippen molar-refractivity contribution in [2.45, 2.75) is 78.2 Å². The molecule has 0 aliphatic carbocycles. The first-order valence-corrected chi connectivity index (χ1v) is 8.09. The molecule has 1 nitrogen and oxygen atoms in total. The fraction of sp³-hybridized carbons (Fsp3) is 0.667. The van der Waals surface area contributed by atoms with Gasteiger partial charge in [-0.3, -0.25) is 0 Å². The minimum Gasteiger partial charge on any atom is -0.382 e. The number of benzene rings is 1. The lowest BCUT2D eigenvalue weighted by Gasteiger charge is -2.20. The van der Waals surface area contributed by atoms with E-state index in [-0.39, 0.29) is 0 Å². The minimum absolute atomic E-state index is 0.654. The van der Waals surface area contributed by atoms with Crippen LogP contribution in [-0.2, 0) is 0 Å². The fourth-order valence-electron chi connectivity index (χ4n) is 2.46. The zero-order valence-electron chi connectivity index (χ0n) is 13.0. The highest BCUT2D eigenvalue weighted by molar-refractivity contribution is 5.45. The molecular weight excluding hydrogens is 230 g/mol. The number of unbranched alkanes of at least 4 members (excludes halogenated alkanes) is 4. The lowest BCUT2D eigenvalue weighted by molar-refractivity contribution is 0.526. The normalized spacial score (nSPS) is 10.9. The molecule has 1 N–H and O–H groups in total. The van der Waals surface area contributed by atoms with Crippen LogP contribution < -0.4 is 5.32 Å². The highest BCUT2D eigenvalue weighted by atomic mass is 14.9. The summed E-state index contributed by atoms with van der Waals surface area (Å²) in [4.78, 5) is 0. The molecule has 0 radical (unpaired) electrons. The van der Waals surface area contributed by atoms with Gasteiger partial charge in [0, 0.05) is 11.7 Å². The van der Waals surface area contributed by atoms with Crippen molar-refractivity contribution in [1.29, 1.82) is 0 Å². The summed E-state index contributed by atoms with van der Waals surface area (Å²) in [5.41, 5.74) is 2.61. The van der Waals surface area contributed by atoms with E-state index in [0.717, 1.165) is 0 Å². The maximum absolute atomic E-state index is 3.72. The van der Waals surface area contributed by atoms with Crippen LogP contribution in [0.1, 0.15) is 70.8 Å². The van der Waals surface area contributed by atoms with Gasteiger partial charge in [0.15, 0.2) is 0 Å². The summed E-state index contributed by atoms with van der Waals surface area (Å²) in [6, 6.07) is 9.46. The summed E-state index contributed by atoms with van der Waals surface area (Å²) >= 11 is 0. The predicted octanol–water partition coefficient (Wildman–Crippen LogP) is 5.94. The molecule has 0 spiro atoms. The molecule has 108 valence electrons. The molecule has 1 rings (SSSR count). The van der Waals surface area contributed by atoms with Gasteiger partial charge in [-0.2, -0.15) is 0 Å². The van der Waals surface area contributed by atoms with Gasteiger partial charge in [-0.25, -0.2) is 0 Å². The summed E-state index contributed by atoms with van der Waals surface area (Å²) < 4.78 is 0. The second-order valence-electron chi connectivity index (χ2n) is 5.70. The van der Waals surface area contributed by atoms with Gasteiger partial charge < -0.3 is 5.32 Å². The van der Waals surface area contributed by atoms with Crippen molar-refractivity contribution in [2.75, 3.05) is 5.32 Å². The Labute approximate surface area is 119 Å². The second kappa shape index (κ2) is 9.89. The zero-order chi connectivity index (χ0) is 13.9. The largest absolute Gasteiger partial charge is 0.382 e. The van der Waals surface area contributed by atoms with E-state index >= 15 is 0 Å². The smallest absolute Gasteiger partial charge is 0.0342 e. The first-order chi connectivity index (χ1) is 9.26. The molecule has 0 unspecified atom stereocenters. The molecule has 19 heavy (non-hydrogen) atoms. The van der Waals surface area contributed by atoms with Crippen molar-refractivity contribution in [3.05, 3.63) is 29.8 Å². The summed E-state index contributed by atoms with van der Waals surface area (Å²) in [5.74, 6) is 0. The summed E-state index contributed by atoms with van der Waals surface area (Å²) in [6.07, 6.45) is 10.7. The van der Waals surface area contributed by atoms with Crippen LogP contribution in [0.15, 0.2) is 24.3 Å². The predicted molar refractivity (Wildman–Crippen MR) is 86.9 cm³/mol. The number of hydrogen-bond donors (Lipinski definition) is 1. The first-order valence-electron chi connectivity index (χ1n) is 8.09. The molecule has 0 aromatic heterocycles. The molecule has 1 aromatic rings. The molecule has 0 heterocycles. The van der Waals surface area contributed by atoms with E-state index in [1.54, 1.807) is 0 Å². The molecule has 0 bridgehead atoms. The lowest BCUT2D eigenvalue weighted by Crippen LogP contribution is -2.19. The average molecular weight is 261 g/mol. The van der Waals surface area contributed by atoms with Crippen LogP contribution in [0.2, 0.25) is 0 Å². The number of aryl methyl sites for hydroxylation is 1. The highest BCUT2D eigenvalue weighted by Crippen LogP contribution is 2.17. The third-order valence-corrected chi connectivity index (χ3v) is 3.73. The van der Waals surface area contributed by atoms with E-state index in [0.29, 0.717) is 6.04 Å². The van der Waals surface area contributed by atoms with E-state index < -0.39 is 0 Å². The Morgan fingerprint density at radius 2 is 1.37 bits per heavy atom. The van der Waals surface area contributed by atoms with Crippen LogP contribution in [0.3, 0.4) is 0 Å². The van der Waals surface area contributed by atoms with E-state index in [4.69, 9.17) is 0 Å². The van der Waals surface area contributed by atoms with Crippen LogP contribution in [0, 0.1) is 6.92 Å². The third-order valence-electron chi connectivity index (χ3n) is 3.73. The van der Waals surface area contributed by atoms with E-state index in [9.17, 15) is 0 Å².